The summed E-state index contributed by atoms with van der Waals surface area (Å²) in [4.78, 5) is 1.39. The van der Waals surface area contributed by atoms with Crippen molar-refractivity contribution in [2.45, 2.75) is 0 Å². The summed E-state index contributed by atoms with van der Waals surface area (Å²) in [6, 6.07) is 55.1. The summed E-state index contributed by atoms with van der Waals surface area (Å²) in [5, 5.41) is 2.18. The molecular weight excluding hydrogens is 677 g/mol. The molecule has 0 aliphatic rings. The second-order valence-corrected chi connectivity index (χ2v) is 13.5. The van der Waals surface area contributed by atoms with E-state index in [1.54, 1.807) is 60.7 Å². The highest BCUT2D eigenvalue weighted by Gasteiger charge is 2.20. The molecule has 0 N–H and O–H groups in total. The molecule has 2 heteroatoms. The predicted octanol–water partition coefficient (Wildman–Crippen LogP) is 14.9. The standard InChI is InChI=1S/C54H38N2/c1-4-16-39(17-5-1)41-30-34-46(35-31-41)55(47-36-32-42(33-37-47)40-18-6-2-7-19-40)51-27-12-10-24-48(51)43-20-14-21-44(38-43)49-26-15-29-53-54(49)50-25-11-13-28-52(50)56(53)45-22-8-3-9-23-45/h1-38H/i30D,31D,32D,33D,34D,35D,36D,37D. The summed E-state index contributed by atoms with van der Waals surface area (Å²) in [6.07, 6.45) is 0. The lowest BCUT2D eigenvalue weighted by atomic mass is 9.94. The van der Waals surface area contributed by atoms with Gasteiger partial charge in [-0.2, -0.15) is 0 Å². The number of anilines is 3. The normalized spacial score (nSPS) is 13.2. The average Bonchev–Trinajstić information content (AvgIpc) is 3.68. The maximum absolute atomic E-state index is 9.55. The van der Waals surface area contributed by atoms with Crippen molar-refractivity contribution in [1.29, 1.82) is 0 Å². The summed E-state index contributed by atoms with van der Waals surface area (Å²) in [5.74, 6) is 0. The van der Waals surface area contributed by atoms with Crippen LogP contribution in [0, 0.1) is 0 Å². The zero-order chi connectivity index (χ0) is 44.2. The third kappa shape index (κ3) is 6.04. The van der Waals surface area contributed by atoms with E-state index in [1.165, 1.54) is 4.90 Å². The molecule has 0 aliphatic heterocycles. The molecule has 0 saturated carbocycles. The molecule has 264 valence electrons. The van der Waals surface area contributed by atoms with E-state index in [9.17, 15) is 11.0 Å². The van der Waals surface area contributed by atoms with Crippen molar-refractivity contribution >= 4 is 38.9 Å². The SMILES string of the molecule is [2H]c1c([2H])c(N(c2ccccc2-c2cccc(-c3cccc4c3c3ccccc3n4-c3ccccc3)c2)c2c([2H])c([2H])c(-c3ccccc3)c([2H])c2[2H])c([2H])c([2H])c1-c1ccccc1. The number of rotatable bonds is 8. The molecule has 0 saturated heterocycles. The number of benzene rings is 9. The van der Waals surface area contributed by atoms with E-state index >= 15 is 0 Å². The van der Waals surface area contributed by atoms with Gasteiger partial charge >= 0.3 is 0 Å². The minimum Gasteiger partial charge on any atom is -0.310 e. The molecule has 9 aromatic carbocycles. The fourth-order valence-electron chi connectivity index (χ4n) is 7.57. The minimum atomic E-state index is -0.395. The third-order valence-corrected chi connectivity index (χ3v) is 10.1. The van der Waals surface area contributed by atoms with Gasteiger partial charge < -0.3 is 9.47 Å². The number of fused-ring (bicyclic) bond motifs is 3. The highest BCUT2D eigenvalue weighted by Crippen LogP contribution is 2.44. The molecule has 0 bridgehead atoms. The molecule has 0 radical (unpaired) electrons. The Bertz CT molecular complexity index is 3260. The van der Waals surface area contributed by atoms with Gasteiger partial charge in [0.1, 0.15) is 0 Å². The molecule has 0 aliphatic carbocycles. The van der Waals surface area contributed by atoms with Gasteiger partial charge in [-0.1, -0.05) is 170 Å². The monoisotopic (exact) mass is 722 g/mol. The van der Waals surface area contributed by atoms with Gasteiger partial charge in [0.15, 0.2) is 0 Å². The zero-order valence-electron chi connectivity index (χ0n) is 38.2. The fourth-order valence-corrected chi connectivity index (χ4v) is 7.57. The Morgan fingerprint density at radius 2 is 0.821 bits per heavy atom. The van der Waals surface area contributed by atoms with Crippen LogP contribution in [-0.2, 0) is 0 Å². The van der Waals surface area contributed by atoms with Gasteiger partial charge in [0.25, 0.3) is 0 Å². The molecule has 0 spiro atoms. The third-order valence-electron chi connectivity index (χ3n) is 10.1. The number of hydrogen-bond donors (Lipinski definition) is 0. The Kier molecular flexibility index (Phi) is 6.59. The van der Waals surface area contributed by atoms with Crippen LogP contribution in [0.15, 0.2) is 230 Å². The largest absolute Gasteiger partial charge is 0.310 e. The molecule has 2 nitrogen and oxygen atoms in total. The Morgan fingerprint density at radius 3 is 1.46 bits per heavy atom. The number of para-hydroxylation sites is 3. The van der Waals surface area contributed by atoms with Crippen LogP contribution in [0.3, 0.4) is 0 Å². The highest BCUT2D eigenvalue weighted by molar-refractivity contribution is 6.16. The first-order valence-electron chi connectivity index (χ1n) is 22.5. The molecule has 0 fully saturated rings. The van der Waals surface area contributed by atoms with Crippen LogP contribution in [-0.4, -0.2) is 4.57 Å². The van der Waals surface area contributed by atoms with Gasteiger partial charge in [-0.3, -0.25) is 0 Å². The number of aromatic nitrogens is 1. The summed E-state index contributed by atoms with van der Waals surface area (Å²) in [5.41, 5.74) is 7.63. The van der Waals surface area contributed by atoms with Gasteiger partial charge in [-0.05, 0) is 99.5 Å². The lowest BCUT2D eigenvalue weighted by molar-refractivity contribution is 1.18. The van der Waals surface area contributed by atoms with Crippen molar-refractivity contribution in [1.82, 2.24) is 4.57 Å². The van der Waals surface area contributed by atoms with Crippen LogP contribution in [0.25, 0.3) is 72.0 Å². The Balaban J connectivity index is 1.22. The van der Waals surface area contributed by atoms with Crippen molar-refractivity contribution in [3.63, 3.8) is 0 Å². The molecule has 1 aromatic heterocycles. The van der Waals surface area contributed by atoms with E-state index in [-0.39, 0.29) is 46.7 Å². The molecule has 0 unspecified atom stereocenters. The number of nitrogens with zero attached hydrogens (tertiary/aromatic N) is 2. The van der Waals surface area contributed by atoms with Crippen molar-refractivity contribution in [2.24, 2.45) is 0 Å². The molecule has 10 aromatic rings. The van der Waals surface area contributed by atoms with Gasteiger partial charge in [-0.25, -0.2) is 0 Å². The van der Waals surface area contributed by atoms with Crippen LogP contribution in [0.2, 0.25) is 0 Å². The molecule has 0 amide bonds. The summed E-state index contributed by atoms with van der Waals surface area (Å²) < 4.78 is 77.7. The molecule has 56 heavy (non-hydrogen) atoms. The van der Waals surface area contributed by atoms with Gasteiger partial charge in [0, 0.05) is 33.4 Å². The van der Waals surface area contributed by atoms with E-state index in [0.29, 0.717) is 22.4 Å². The zero-order valence-corrected chi connectivity index (χ0v) is 30.2. The van der Waals surface area contributed by atoms with Crippen LogP contribution in [0.1, 0.15) is 11.0 Å². The molecule has 0 atom stereocenters. The van der Waals surface area contributed by atoms with E-state index in [4.69, 9.17) is 0 Å². The van der Waals surface area contributed by atoms with E-state index in [0.717, 1.165) is 44.2 Å². The fraction of sp³-hybridized carbons (Fsp3) is 0. The van der Waals surface area contributed by atoms with E-state index in [1.807, 2.05) is 66.7 Å². The van der Waals surface area contributed by atoms with Gasteiger partial charge in [0.05, 0.1) is 27.7 Å². The van der Waals surface area contributed by atoms with E-state index in [2.05, 4.69) is 59.2 Å². The van der Waals surface area contributed by atoms with Crippen molar-refractivity contribution < 1.29 is 11.0 Å². The lowest BCUT2D eigenvalue weighted by Gasteiger charge is -2.28. The summed E-state index contributed by atoms with van der Waals surface area (Å²) in [7, 11) is 0. The van der Waals surface area contributed by atoms with Gasteiger partial charge in [0.2, 0.25) is 0 Å². The smallest absolute Gasteiger partial charge is 0.0645 e. The Hall–Kier alpha value is -7.42. The quantitative estimate of drug-likeness (QED) is 0.152. The number of hydrogen-bond acceptors (Lipinski definition) is 1. The highest BCUT2D eigenvalue weighted by atomic mass is 15.1. The molecule has 10 rings (SSSR count). The summed E-state index contributed by atoms with van der Waals surface area (Å²) >= 11 is 0. The van der Waals surface area contributed by atoms with E-state index < -0.39 is 24.2 Å². The average molecular weight is 723 g/mol. The molecule has 1 heterocycles. The maximum atomic E-state index is 9.55. The first-order chi connectivity index (χ1) is 31.2. The Labute approximate surface area is 339 Å². The second-order valence-electron chi connectivity index (χ2n) is 13.5. The van der Waals surface area contributed by atoms with Crippen molar-refractivity contribution in [2.75, 3.05) is 4.90 Å². The van der Waals surface area contributed by atoms with Gasteiger partial charge in [-0.15, -0.1) is 0 Å². The van der Waals surface area contributed by atoms with Crippen molar-refractivity contribution in [3.8, 4) is 50.2 Å². The van der Waals surface area contributed by atoms with Crippen LogP contribution >= 0.6 is 0 Å². The molecular formula is C54H38N2. The second kappa shape index (κ2) is 14.4. The van der Waals surface area contributed by atoms with Crippen molar-refractivity contribution in [3.05, 3.63) is 230 Å². The first kappa shape index (κ1) is 25.6. The van der Waals surface area contributed by atoms with Crippen LogP contribution < -0.4 is 4.90 Å². The first-order valence-corrected chi connectivity index (χ1v) is 18.5. The van der Waals surface area contributed by atoms with Crippen LogP contribution in [0.4, 0.5) is 17.1 Å². The Morgan fingerprint density at radius 1 is 0.357 bits per heavy atom. The lowest BCUT2D eigenvalue weighted by Crippen LogP contribution is -2.11. The minimum absolute atomic E-state index is 0.113. The van der Waals surface area contributed by atoms with Crippen LogP contribution in [0.5, 0.6) is 0 Å². The summed E-state index contributed by atoms with van der Waals surface area (Å²) in [6.45, 7) is 0. The predicted molar refractivity (Wildman–Crippen MR) is 237 cm³/mol. The topological polar surface area (TPSA) is 8.17 Å². The maximum Gasteiger partial charge on any atom is 0.0645 e.